The first-order valence-electron chi connectivity index (χ1n) is 32.9. The number of halogens is 1. The SMILES string of the molecule is [2H]c1c([2H])c([2H])c(-c2nc(-n3c4ccccc4c4c5c6ccccc6sc5c5ccccc5c43)nc3c2sc2ccccc23)c([2H])c1[2H].[2H]c1c([2H])c([2H])c(-c2nc(Cl)nc3c2sc2ccccc23)c([2H])c1[2H].c1ccc2c(c1)[nH]c1c3ccccc3c3sc4ccccc4c3c21. The minimum Gasteiger partial charge on any atom is -0.354 e. The summed E-state index contributed by atoms with van der Waals surface area (Å²) in [6, 6.07) is 63.3. The molecular formula is C76H43ClN6S4. The lowest BCUT2D eigenvalue weighted by molar-refractivity contribution is 1.02. The lowest BCUT2D eigenvalue weighted by atomic mass is 10.00. The molecule has 8 heterocycles. The average Bonchev–Trinajstić information content (AvgIpc) is 1.55. The Morgan fingerprint density at radius 3 is 1.38 bits per heavy atom. The van der Waals surface area contributed by atoms with Crippen LogP contribution in [-0.2, 0) is 0 Å². The van der Waals surface area contributed by atoms with Gasteiger partial charge in [0.15, 0.2) is 0 Å². The molecule has 1 N–H and O–H groups in total. The molecule has 20 rings (SSSR count). The second kappa shape index (κ2) is 20.1. The molecule has 0 fully saturated rings. The maximum absolute atomic E-state index is 8.91. The second-order valence-corrected chi connectivity index (χ2v) is 25.5. The Morgan fingerprint density at radius 1 is 0.356 bits per heavy atom. The van der Waals surface area contributed by atoms with Crippen LogP contribution in [0.3, 0.4) is 0 Å². The van der Waals surface area contributed by atoms with Gasteiger partial charge in [0.05, 0.1) is 62.1 Å². The maximum Gasteiger partial charge on any atom is 0.235 e. The number of fused-ring (bicyclic) bond motifs is 26. The molecule has 0 radical (unpaired) electrons. The first-order valence-corrected chi connectivity index (χ1v) is 31.5. The van der Waals surface area contributed by atoms with Gasteiger partial charge in [-0.25, -0.2) is 19.9 Å². The highest BCUT2D eigenvalue weighted by molar-refractivity contribution is 7.28. The van der Waals surface area contributed by atoms with Crippen LogP contribution < -0.4 is 0 Å². The van der Waals surface area contributed by atoms with Gasteiger partial charge >= 0.3 is 0 Å². The average molecular weight is 1210 g/mol. The Morgan fingerprint density at radius 2 is 0.782 bits per heavy atom. The van der Waals surface area contributed by atoms with Crippen molar-refractivity contribution >= 4 is 203 Å². The number of para-hydroxylation sites is 2. The third-order valence-corrected chi connectivity index (χ3v) is 21.1. The highest BCUT2D eigenvalue weighted by Crippen LogP contribution is 2.50. The van der Waals surface area contributed by atoms with E-state index in [1.807, 2.05) is 65.9 Å². The third kappa shape index (κ3) is 7.89. The fourth-order valence-electron chi connectivity index (χ4n) is 12.6. The Balaban J connectivity index is 0.000000117. The molecule has 0 unspecified atom stereocenters. The number of nitrogens with one attached hydrogen (secondary N) is 1. The number of aromatic nitrogens is 6. The van der Waals surface area contributed by atoms with Gasteiger partial charge in [0.2, 0.25) is 11.2 Å². The molecule has 0 bridgehead atoms. The third-order valence-electron chi connectivity index (χ3n) is 16.2. The first kappa shape index (κ1) is 41.2. The van der Waals surface area contributed by atoms with Crippen molar-refractivity contribution in [2.24, 2.45) is 0 Å². The fourth-order valence-corrected chi connectivity index (χ4v) is 17.6. The quantitative estimate of drug-likeness (QED) is 0.179. The van der Waals surface area contributed by atoms with Gasteiger partial charge in [0, 0.05) is 120 Å². The van der Waals surface area contributed by atoms with E-state index < -0.39 is 36.3 Å². The number of thiophene rings is 4. The normalized spacial score (nSPS) is 13.6. The summed E-state index contributed by atoms with van der Waals surface area (Å²) in [6.45, 7) is 0. The number of benzene rings is 12. The summed E-state index contributed by atoms with van der Waals surface area (Å²) < 4.78 is 93.4. The largest absolute Gasteiger partial charge is 0.354 e. The van der Waals surface area contributed by atoms with Crippen LogP contribution in [0.15, 0.2) is 255 Å². The van der Waals surface area contributed by atoms with Gasteiger partial charge in [-0.05, 0) is 48.0 Å². The zero-order chi connectivity index (χ0) is 66.0. The summed E-state index contributed by atoms with van der Waals surface area (Å²) in [5.74, 6) is 0.378. The zero-order valence-corrected chi connectivity index (χ0v) is 49.2. The van der Waals surface area contributed by atoms with Gasteiger partial charge in [-0.1, -0.05) is 218 Å². The Bertz CT molecular complexity index is 6670. The number of hydrogen-bond donors (Lipinski definition) is 1. The summed E-state index contributed by atoms with van der Waals surface area (Å²) in [6.07, 6.45) is 0. The minimum atomic E-state index is -0.438. The van der Waals surface area contributed by atoms with Crippen molar-refractivity contribution in [3.05, 3.63) is 260 Å². The van der Waals surface area contributed by atoms with Crippen LogP contribution in [0.25, 0.3) is 175 Å². The van der Waals surface area contributed by atoms with Gasteiger partial charge in [0.25, 0.3) is 0 Å². The molecule has 87 heavy (non-hydrogen) atoms. The van der Waals surface area contributed by atoms with E-state index in [0.29, 0.717) is 32.1 Å². The Labute approximate surface area is 531 Å². The van der Waals surface area contributed by atoms with Gasteiger partial charge < -0.3 is 4.98 Å². The lowest BCUT2D eigenvalue weighted by Gasteiger charge is -2.12. The molecule has 408 valence electrons. The maximum atomic E-state index is 8.91. The summed E-state index contributed by atoms with van der Waals surface area (Å²) in [7, 11) is 0. The van der Waals surface area contributed by atoms with Crippen molar-refractivity contribution in [2.75, 3.05) is 0 Å². The standard InChI is InChI=1S/C38H21N3S2.C22H13NS.C16H9ClN2S/c1-2-12-22(13-3-1)33-37-34(27-18-8-11-21-30(27)43-37)40-38(39-33)41-28-19-9-6-16-25(28)31-32-26-17-7-10-20-29(26)42-36(32)24-15-5-4-14-23(24)35(31)41;1-2-8-14-13(7-1)21-19(15-9-3-5-11-17(15)23-21)20-16-10-4-6-12-18(16)24-22(14)20;17-16-18-13(10-6-2-1-3-7-10)15-14(19-16)11-8-4-5-9-12(11)20-15/h1-21H;1-12,23H;1-9H/i1D,2D,3D,12D,13D;;1D,2D,3D,6D,7D. The molecular weight excluding hydrogens is 1160 g/mol. The second-order valence-electron chi connectivity index (χ2n) is 21.0. The van der Waals surface area contributed by atoms with Crippen LogP contribution in [0, 0.1) is 0 Å². The summed E-state index contributed by atoms with van der Waals surface area (Å²) >= 11 is 12.7. The lowest BCUT2D eigenvalue weighted by Crippen LogP contribution is -2.03. The van der Waals surface area contributed by atoms with Crippen molar-refractivity contribution in [3.8, 4) is 28.5 Å². The van der Waals surface area contributed by atoms with Crippen LogP contribution in [0.5, 0.6) is 0 Å². The molecule has 0 saturated carbocycles. The van der Waals surface area contributed by atoms with Crippen molar-refractivity contribution in [1.29, 1.82) is 0 Å². The predicted octanol–water partition coefficient (Wildman–Crippen LogP) is 23.1. The molecule has 0 aliphatic carbocycles. The van der Waals surface area contributed by atoms with Gasteiger partial charge in [0.1, 0.15) is 0 Å². The summed E-state index contributed by atoms with van der Waals surface area (Å²) in [4.78, 5) is 22.6. The van der Waals surface area contributed by atoms with Gasteiger partial charge in [-0.3, -0.25) is 4.57 Å². The molecule has 6 nitrogen and oxygen atoms in total. The van der Waals surface area contributed by atoms with Gasteiger partial charge in [-0.15, -0.1) is 45.3 Å². The molecule has 0 saturated heterocycles. The van der Waals surface area contributed by atoms with E-state index in [1.165, 1.54) is 95.6 Å². The van der Waals surface area contributed by atoms with E-state index in [4.69, 9.17) is 35.3 Å². The van der Waals surface area contributed by atoms with Crippen LogP contribution in [0.4, 0.5) is 0 Å². The highest BCUT2D eigenvalue weighted by Gasteiger charge is 2.25. The molecule has 11 heteroatoms. The summed E-state index contributed by atoms with van der Waals surface area (Å²) in [5, 5.41) is 16.6. The number of aromatic amines is 1. The molecule has 0 aliphatic heterocycles. The van der Waals surface area contributed by atoms with E-state index in [9.17, 15) is 0 Å². The van der Waals surface area contributed by atoms with Crippen LogP contribution in [0.2, 0.25) is 5.28 Å². The Hall–Kier alpha value is -9.91. The number of nitrogens with zero attached hydrogens (tertiary/aromatic N) is 5. The Kier molecular flexibility index (Phi) is 9.52. The molecule has 0 atom stereocenters. The van der Waals surface area contributed by atoms with E-state index in [1.54, 1.807) is 11.3 Å². The topological polar surface area (TPSA) is 72.3 Å². The first-order chi connectivity index (χ1) is 47.2. The van der Waals surface area contributed by atoms with Crippen LogP contribution in [0.1, 0.15) is 13.7 Å². The predicted molar refractivity (Wildman–Crippen MR) is 377 cm³/mol. The van der Waals surface area contributed by atoms with Crippen molar-refractivity contribution in [2.45, 2.75) is 0 Å². The van der Waals surface area contributed by atoms with Crippen molar-refractivity contribution < 1.29 is 13.7 Å². The number of H-pyrrole nitrogens is 1. The van der Waals surface area contributed by atoms with Crippen LogP contribution >= 0.6 is 56.9 Å². The zero-order valence-electron chi connectivity index (χ0n) is 55.2. The fraction of sp³-hybridized carbons (Fsp3) is 0. The molecule has 20 aromatic rings. The number of rotatable bonds is 3. The monoisotopic (exact) mass is 1210 g/mol. The van der Waals surface area contributed by atoms with E-state index in [-0.39, 0.29) is 46.3 Å². The smallest absolute Gasteiger partial charge is 0.235 e. The van der Waals surface area contributed by atoms with E-state index in [0.717, 1.165) is 52.8 Å². The highest BCUT2D eigenvalue weighted by atomic mass is 35.5. The van der Waals surface area contributed by atoms with E-state index >= 15 is 0 Å². The molecule has 0 amide bonds. The molecule has 0 spiro atoms. The van der Waals surface area contributed by atoms with Crippen LogP contribution in [-0.4, -0.2) is 29.5 Å². The molecule has 8 aromatic heterocycles. The minimum absolute atomic E-state index is 0.0298. The van der Waals surface area contributed by atoms with Gasteiger partial charge in [-0.2, -0.15) is 0 Å². The van der Waals surface area contributed by atoms with Crippen molar-refractivity contribution in [1.82, 2.24) is 29.5 Å². The van der Waals surface area contributed by atoms with E-state index in [2.05, 4.69) is 159 Å². The summed E-state index contributed by atoms with van der Waals surface area (Å²) in [5.41, 5.74) is 6.33. The number of hydrogen-bond acceptors (Lipinski definition) is 8. The molecule has 12 aromatic carbocycles. The van der Waals surface area contributed by atoms with Crippen molar-refractivity contribution in [3.63, 3.8) is 0 Å². The molecule has 0 aliphatic rings.